The molecule has 0 saturated heterocycles. The van der Waals surface area contributed by atoms with E-state index in [0.29, 0.717) is 28.8 Å². The van der Waals surface area contributed by atoms with E-state index in [4.69, 9.17) is 0 Å². The molecule has 0 fully saturated rings. The van der Waals surface area contributed by atoms with Crippen molar-refractivity contribution in [2.75, 3.05) is 0 Å². The Morgan fingerprint density at radius 2 is 1.92 bits per heavy atom. The van der Waals surface area contributed by atoms with Gasteiger partial charge in [0.1, 0.15) is 5.65 Å². The zero-order valence-electron chi connectivity index (χ0n) is 14.1. The number of hydrogen-bond acceptors (Lipinski definition) is 6. The SMILES string of the molecule is Cc1cccc2nc(CSc3nnnn3Cc3ccccc3)cc(=O)n12. The van der Waals surface area contributed by atoms with Crippen molar-refractivity contribution in [1.82, 2.24) is 29.6 Å². The molecule has 0 amide bonds. The maximum Gasteiger partial charge on any atom is 0.258 e. The highest BCUT2D eigenvalue weighted by molar-refractivity contribution is 7.98. The predicted molar refractivity (Wildman–Crippen MR) is 99.1 cm³/mol. The molecule has 0 aliphatic rings. The maximum atomic E-state index is 12.4. The quantitative estimate of drug-likeness (QED) is 0.506. The third-order valence-electron chi connectivity index (χ3n) is 3.96. The molecule has 3 aromatic heterocycles. The van der Waals surface area contributed by atoms with Crippen LogP contribution in [0.5, 0.6) is 0 Å². The molecule has 8 heteroatoms. The number of pyridine rings is 1. The van der Waals surface area contributed by atoms with Crippen molar-refractivity contribution >= 4 is 17.4 Å². The summed E-state index contributed by atoms with van der Waals surface area (Å²) < 4.78 is 3.35. The summed E-state index contributed by atoms with van der Waals surface area (Å²) in [4.78, 5) is 16.9. The molecular weight excluding hydrogens is 348 g/mol. The summed E-state index contributed by atoms with van der Waals surface area (Å²) in [7, 11) is 0. The molecule has 0 unspecified atom stereocenters. The molecule has 0 atom stereocenters. The second-order valence-corrected chi connectivity index (χ2v) is 6.78. The van der Waals surface area contributed by atoms with Crippen LogP contribution in [0.15, 0.2) is 64.5 Å². The lowest BCUT2D eigenvalue weighted by Crippen LogP contribution is -2.17. The van der Waals surface area contributed by atoms with Gasteiger partial charge in [-0.15, -0.1) is 5.10 Å². The number of aryl methyl sites for hydroxylation is 1. The van der Waals surface area contributed by atoms with Crippen LogP contribution in [-0.4, -0.2) is 29.6 Å². The third kappa shape index (κ3) is 3.36. The third-order valence-corrected chi connectivity index (χ3v) is 4.95. The highest BCUT2D eigenvalue weighted by Crippen LogP contribution is 2.19. The van der Waals surface area contributed by atoms with Gasteiger partial charge in [0.15, 0.2) is 0 Å². The summed E-state index contributed by atoms with van der Waals surface area (Å²) in [6, 6.07) is 17.2. The van der Waals surface area contributed by atoms with E-state index in [9.17, 15) is 4.79 Å². The second-order valence-electron chi connectivity index (χ2n) is 5.84. The number of tetrazole rings is 1. The fourth-order valence-electron chi connectivity index (χ4n) is 2.73. The number of thioether (sulfide) groups is 1. The van der Waals surface area contributed by atoms with Gasteiger partial charge in [-0.3, -0.25) is 9.20 Å². The molecule has 130 valence electrons. The Morgan fingerprint density at radius 3 is 2.77 bits per heavy atom. The lowest BCUT2D eigenvalue weighted by atomic mass is 10.2. The monoisotopic (exact) mass is 364 g/mol. The Balaban J connectivity index is 1.54. The maximum absolute atomic E-state index is 12.4. The lowest BCUT2D eigenvalue weighted by molar-refractivity contribution is 0.603. The van der Waals surface area contributed by atoms with Crippen LogP contribution in [0.2, 0.25) is 0 Å². The number of nitrogens with zero attached hydrogens (tertiary/aromatic N) is 6. The molecular formula is C18H16N6OS. The van der Waals surface area contributed by atoms with Gasteiger partial charge >= 0.3 is 0 Å². The van der Waals surface area contributed by atoms with Crippen molar-refractivity contribution in [2.45, 2.75) is 24.4 Å². The molecule has 7 nitrogen and oxygen atoms in total. The summed E-state index contributed by atoms with van der Waals surface area (Å²) in [6.45, 7) is 2.49. The number of rotatable bonds is 5. The van der Waals surface area contributed by atoms with Crippen LogP contribution in [0, 0.1) is 6.92 Å². The van der Waals surface area contributed by atoms with E-state index >= 15 is 0 Å². The Labute approximate surface area is 153 Å². The van der Waals surface area contributed by atoms with Gasteiger partial charge in [0.25, 0.3) is 5.56 Å². The average Bonchev–Trinajstić information content (AvgIpc) is 3.08. The van der Waals surface area contributed by atoms with E-state index in [0.717, 1.165) is 11.3 Å². The molecule has 0 saturated carbocycles. The summed E-state index contributed by atoms with van der Waals surface area (Å²) in [5, 5.41) is 12.6. The number of aromatic nitrogens is 6. The van der Waals surface area contributed by atoms with Crippen molar-refractivity contribution < 1.29 is 0 Å². The Bertz CT molecular complexity index is 1110. The number of fused-ring (bicyclic) bond motifs is 1. The van der Waals surface area contributed by atoms with E-state index in [-0.39, 0.29) is 5.56 Å². The Kier molecular flexibility index (Phi) is 4.49. The minimum Gasteiger partial charge on any atom is -0.269 e. The first-order chi connectivity index (χ1) is 12.7. The highest BCUT2D eigenvalue weighted by atomic mass is 32.2. The fraction of sp³-hybridized carbons (Fsp3) is 0.167. The van der Waals surface area contributed by atoms with Crippen LogP contribution in [0.1, 0.15) is 17.0 Å². The summed E-state index contributed by atoms with van der Waals surface area (Å²) in [5.74, 6) is 0.523. The van der Waals surface area contributed by atoms with Crippen molar-refractivity contribution in [3.63, 3.8) is 0 Å². The molecule has 26 heavy (non-hydrogen) atoms. The van der Waals surface area contributed by atoms with Crippen molar-refractivity contribution in [3.05, 3.63) is 81.9 Å². The van der Waals surface area contributed by atoms with Crippen molar-refractivity contribution in [1.29, 1.82) is 0 Å². The van der Waals surface area contributed by atoms with Crippen molar-refractivity contribution in [3.8, 4) is 0 Å². The molecule has 0 N–H and O–H groups in total. The number of hydrogen-bond donors (Lipinski definition) is 0. The van der Waals surface area contributed by atoms with Gasteiger partial charge in [0.05, 0.1) is 12.2 Å². The van der Waals surface area contributed by atoms with Crippen molar-refractivity contribution in [2.24, 2.45) is 0 Å². The smallest absolute Gasteiger partial charge is 0.258 e. The molecule has 0 bridgehead atoms. The minimum absolute atomic E-state index is 0.0763. The highest BCUT2D eigenvalue weighted by Gasteiger charge is 2.10. The van der Waals surface area contributed by atoms with Crippen LogP contribution in [0.25, 0.3) is 5.65 Å². The first-order valence-corrected chi connectivity index (χ1v) is 9.10. The molecule has 3 heterocycles. The molecule has 1 aromatic carbocycles. The summed E-state index contributed by atoms with van der Waals surface area (Å²) >= 11 is 1.46. The standard InChI is InChI=1S/C18H16N6OS/c1-13-6-5-9-16-19-15(10-17(25)24(13)16)12-26-18-20-21-22-23(18)11-14-7-3-2-4-8-14/h2-10H,11-12H2,1H3. The van der Waals surface area contributed by atoms with Gasteiger partial charge in [0.2, 0.25) is 5.16 Å². The minimum atomic E-state index is -0.0763. The molecule has 4 aromatic rings. The lowest BCUT2D eigenvalue weighted by Gasteiger charge is -2.07. The normalized spacial score (nSPS) is 11.1. The van der Waals surface area contributed by atoms with Crippen LogP contribution in [0.4, 0.5) is 0 Å². The molecule has 0 aliphatic heterocycles. The second kappa shape index (κ2) is 7.09. The molecule has 4 rings (SSSR count). The van der Waals surface area contributed by atoms with Gasteiger partial charge in [-0.1, -0.05) is 48.2 Å². The number of benzene rings is 1. The average molecular weight is 364 g/mol. The molecule has 0 aliphatic carbocycles. The topological polar surface area (TPSA) is 78.0 Å². The summed E-state index contributed by atoms with van der Waals surface area (Å²) in [5.41, 5.74) is 3.27. The van der Waals surface area contributed by atoms with E-state index in [1.807, 2.05) is 55.5 Å². The first kappa shape index (κ1) is 16.5. The molecule has 0 spiro atoms. The van der Waals surface area contributed by atoms with E-state index in [1.54, 1.807) is 15.1 Å². The van der Waals surface area contributed by atoms with Gasteiger partial charge in [-0.05, 0) is 35.0 Å². The van der Waals surface area contributed by atoms with E-state index in [2.05, 4.69) is 20.5 Å². The first-order valence-electron chi connectivity index (χ1n) is 8.12. The van der Waals surface area contributed by atoms with Crippen LogP contribution >= 0.6 is 11.8 Å². The zero-order chi connectivity index (χ0) is 17.9. The Morgan fingerprint density at radius 1 is 1.08 bits per heavy atom. The van der Waals surface area contributed by atoms with Crippen LogP contribution in [-0.2, 0) is 12.3 Å². The van der Waals surface area contributed by atoms with Gasteiger partial charge in [-0.25, -0.2) is 9.67 Å². The van der Waals surface area contributed by atoms with E-state index < -0.39 is 0 Å². The van der Waals surface area contributed by atoms with E-state index in [1.165, 1.54) is 11.8 Å². The molecule has 0 radical (unpaired) electrons. The van der Waals surface area contributed by atoms with Gasteiger partial charge in [-0.2, -0.15) is 0 Å². The van der Waals surface area contributed by atoms with Crippen LogP contribution in [0.3, 0.4) is 0 Å². The largest absolute Gasteiger partial charge is 0.269 e. The Hall–Kier alpha value is -3.00. The fourth-order valence-corrected chi connectivity index (χ4v) is 3.50. The summed E-state index contributed by atoms with van der Waals surface area (Å²) in [6.07, 6.45) is 0. The zero-order valence-corrected chi connectivity index (χ0v) is 14.9. The predicted octanol–water partition coefficient (Wildman–Crippen LogP) is 2.33. The van der Waals surface area contributed by atoms with Gasteiger partial charge < -0.3 is 0 Å². The van der Waals surface area contributed by atoms with Gasteiger partial charge in [0, 0.05) is 17.5 Å². The van der Waals surface area contributed by atoms with Crippen LogP contribution < -0.4 is 5.56 Å².